The summed E-state index contributed by atoms with van der Waals surface area (Å²) in [6, 6.07) is 6.84. The number of pyridine rings is 1. The van der Waals surface area contributed by atoms with Crippen LogP contribution in [0.1, 0.15) is 37.4 Å². The molecule has 2 heterocycles. The number of benzene rings is 2. The van der Waals surface area contributed by atoms with Crippen LogP contribution < -0.4 is 15.0 Å². The molecular weight excluding hydrogens is 539 g/mol. The Bertz CT molecular complexity index is 1310. The lowest BCUT2D eigenvalue weighted by Crippen LogP contribution is -2.49. The summed E-state index contributed by atoms with van der Waals surface area (Å²) < 4.78 is 50.6. The minimum Gasteiger partial charge on any atom is -0.497 e. The lowest BCUT2D eigenvalue weighted by Gasteiger charge is -2.40. The monoisotopic (exact) mass is 567 g/mol. The van der Waals surface area contributed by atoms with Crippen LogP contribution in [0.25, 0.3) is 10.9 Å². The van der Waals surface area contributed by atoms with E-state index in [0.29, 0.717) is 59.7 Å². The molecule has 0 aliphatic carbocycles. The number of nitrogens with one attached hydrogen (secondary N) is 1. The highest BCUT2D eigenvalue weighted by Crippen LogP contribution is 2.41. The Labute approximate surface area is 228 Å². The third-order valence-electron chi connectivity index (χ3n) is 7.33. The van der Waals surface area contributed by atoms with Crippen LogP contribution in [0.4, 0.5) is 13.2 Å². The van der Waals surface area contributed by atoms with E-state index in [0.717, 1.165) is 12.1 Å². The van der Waals surface area contributed by atoms with Gasteiger partial charge in [0.1, 0.15) is 18.1 Å². The normalized spacial score (nSPS) is 16.2. The van der Waals surface area contributed by atoms with Crippen LogP contribution >= 0.6 is 11.6 Å². The van der Waals surface area contributed by atoms with E-state index in [9.17, 15) is 28.3 Å². The number of aliphatic hydroxyl groups is 1. The number of nitrogens with zero attached hydrogens (tertiary/aromatic N) is 2. The lowest BCUT2D eigenvalue weighted by atomic mass is 9.73. The van der Waals surface area contributed by atoms with Crippen LogP contribution in [-0.2, 0) is 4.79 Å². The number of piperidine rings is 1. The molecule has 3 N–H and O–H groups in total. The second kappa shape index (κ2) is 12.4. The summed E-state index contributed by atoms with van der Waals surface area (Å²) in [5.41, 5.74) is 1.97. The number of hydrogen-bond acceptors (Lipinski definition) is 7. The molecule has 1 atom stereocenters. The molecule has 3 aromatic rings. The number of hydroxylamine groups is 1. The van der Waals surface area contributed by atoms with Crippen LogP contribution in [-0.4, -0.2) is 59.5 Å². The lowest BCUT2D eigenvalue weighted by molar-refractivity contribution is -0.143. The Morgan fingerprint density at radius 3 is 2.51 bits per heavy atom. The molecule has 210 valence electrons. The molecule has 0 radical (unpaired) electrons. The Hall–Kier alpha value is -3.12. The fourth-order valence-corrected chi connectivity index (χ4v) is 5.29. The van der Waals surface area contributed by atoms with Crippen molar-refractivity contribution < 1.29 is 37.8 Å². The van der Waals surface area contributed by atoms with Crippen molar-refractivity contribution >= 4 is 28.4 Å². The number of methoxy groups -OCH3 is 1. The zero-order chi connectivity index (χ0) is 28.2. The number of rotatable bonds is 10. The Kier molecular flexibility index (Phi) is 9.16. The van der Waals surface area contributed by atoms with Gasteiger partial charge in [-0.1, -0.05) is 11.6 Å². The van der Waals surface area contributed by atoms with Gasteiger partial charge in [0.2, 0.25) is 5.91 Å². The van der Waals surface area contributed by atoms with Crippen molar-refractivity contribution in [3.8, 4) is 11.5 Å². The fraction of sp³-hybridized carbons (Fsp3) is 0.407. The van der Waals surface area contributed by atoms with E-state index in [1.165, 1.54) is 13.3 Å². The molecule has 2 aromatic carbocycles. The number of aliphatic hydroxyl groups excluding tert-OH is 1. The first kappa shape index (κ1) is 28.9. The van der Waals surface area contributed by atoms with E-state index < -0.39 is 34.9 Å². The summed E-state index contributed by atoms with van der Waals surface area (Å²) in [5, 5.41) is 21.5. The number of carbonyl (C=O) groups is 1. The van der Waals surface area contributed by atoms with Gasteiger partial charge in [-0.2, -0.15) is 0 Å². The van der Waals surface area contributed by atoms with Gasteiger partial charge in [-0.25, -0.2) is 18.7 Å². The Morgan fingerprint density at radius 1 is 1.18 bits per heavy atom. The maximum Gasteiger partial charge on any atom is 0.249 e. The number of carbonyl (C=O) groups excluding carboxylic acids is 1. The van der Waals surface area contributed by atoms with Crippen molar-refractivity contribution in [3.05, 3.63) is 64.6 Å². The summed E-state index contributed by atoms with van der Waals surface area (Å²) in [7, 11) is 1.54. The largest absolute Gasteiger partial charge is 0.497 e. The van der Waals surface area contributed by atoms with Crippen molar-refractivity contribution in [2.24, 2.45) is 5.41 Å². The molecule has 0 unspecified atom stereocenters. The van der Waals surface area contributed by atoms with Crippen molar-refractivity contribution in [2.75, 3.05) is 33.4 Å². The molecule has 0 saturated carbocycles. The molecule has 39 heavy (non-hydrogen) atoms. The van der Waals surface area contributed by atoms with Crippen LogP contribution in [0.3, 0.4) is 0 Å². The molecule has 1 saturated heterocycles. The number of hydrogen-bond donors (Lipinski definition) is 3. The van der Waals surface area contributed by atoms with E-state index in [2.05, 4.69) is 4.98 Å². The predicted octanol–water partition coefficient (Wildman–Crippen LogP) is 4.79. The van der Waals surface area contributed by atoms with Gasteiger partial charge < -0.3 is 14.6 Å². The smallest absolute Gasteiger partial charge is 0.249 e. The van der Waals surface area contributed by atoms with Crippen molar-refractivity contribution in [2.45, 2.75) is 31.8 Å². The third kappa shape index (κ3) is 6.38. The van der Waals surface area contributed by atoms with Gasteiger partial charge in [0.25, 0.3) is 0 Å². The maximum atomic E-state index is 13.4. The first-order chi connectivity index (χ1) is 18.7. The topological polar surface area (TPSA) is 104 Å². The van der Waals surface area contributed by atoms with Gasteiger partial charge in [0.15, 0.2) is 17.5 Å². The highest BCUT2D eigenvalue weighted by molar-refractivity contribution is 6.32. The summed E-state index contributed by atoms with van der Waals surface area (Å²) >= 11 is 6.42. The van der Waals surface area contributed by atoms with E-state index >= 15 is 0 Å². The minimum absolute atomic E-state index is 0.0967. The molecule has 1 amide bonds. The van der Waals surface area contributed by atoms with E-state index in [-0.39, 0.29) is 25.2 Å². The number of amides is 1. The summed E-state index contributed by atoms with van der Waals surface area (Å²) in [4.78, 5) is 19.1. The van der Waals surface area contributed by atoms with Gasteiger partial charge in [-0.05, 0) is 57.0 Å². The van der Waals surface area contributed by atoms with Crippen LogP contribution in [0.2, 0.25) is 5.02 Å². The number of halogens is 4. The van der Waals surface area contributed by atoms with Gasteiger partial charge in [0, 0.05) is 35.8 Å². The molecule has 12 heteroatoms. The third-order valence-corrected chi connectivity index (χ3v) is 7.63. The molecular formula is C27H29ClF3N3O5. The number of likely N-dealkylation sites (tertiary alicyclic amines) is 1. The summed E-state index contributed by atoms with van der Waals surface area (Å²) in [6.07, 6.45) is 1.74. The molecule has 0 spiro atoms. The molecule has 1 aliphatic rings. The zero-order valence-electron chi connectivity index (χ0n) is 21.2. The van der Waals surface area contributed by atoms with Gasteiger partial charge in [-0.15, -0.1) is 0 Å². The predicted molar refractivity (Wildman–Crippen MR) is 137 cm³/mol. The number of aromatic nitrogens is 1. The van der Waals surface area contributed by atoms with E-state index in [1.807, 2.05) is 4.90 Å². The molecule has 1 aromatic heterocycles. The maximum absolute atomic E-state index is 13.4. The molecule has 0 bridgehead atoms. The second-order valence-electron chi connectivity index (χ2n) is 9.57. The average molecular weight is 568 g/mol. The molecule has 4 rings (SSSR count). The van der Waals surface area contributed by atoms with Gasteiger partial charge in [0.05, 0.1) is 29.2 Å². The highest BCUT2D eigenvalue weighted by Gasteiger charge is 2.41. The summed E-state index contributed by atoms with van der Waals surface area (Å²) in [5.74, 6) is -4.28. The van der Waals surface area contributed by atoms with Crippen molar-refractivity contribution in [1.29, 1.82) is 0 Å². The Morgan fingerprint density at radius 2 is 1.87 bits per heavy atom. The van der Waals surface area contributed by atoms with Crippen molar-refractivity contribution in [1.82, 2.24) is 15.4 Å². The van der Waals surface area contributed by atoms with Crippen LogP contribution in [0.5, 0.6) is 11.5 Å². The standard InChI is InChI=1S/C27H29ClF3N3O5/c1-38-16-2-3-22-18(12-16)24(19(28)15-32-22)23(35)4-5-27(26(36)33-37)6-8-34(9-7-27)10-11-39-17-13-20(29)25(31)21(30)14-17/h2-3,12-15,23,35,37H,4-11H2,1H3,(H,33,36)/t23-/m1/s1. The van der Waals surface area contributed by atoms with Crippen LogP contribution in [0, 0.1) is 22.9 Å². The van der Waals surface area contributed by atoms with Gasteiger partial charge >= 0.3 is 0 Å². The highest BCUT2D eigenvalue weighted by atomic mass is 35.5. The SMILES string of the molecule is COc1ccc2ncc(Cl)c([C@H](O)CCC3(C(=O)NO)CCN(CCOc4cc(F)c(F)c(F)c4)CC3)c2c1. The van der Waals surface area contributed by atoms with E-state index in [1.54, 1.807) is 23.7 Å². The Balaban J connectivity index is 1.39. The number of ether oxygens (including phenoxy) is 2. The average Bonchev–Trinajstić information content (AvgIpc) is 2.94. The molecule has 8 nitrogen and oxygen atoms in total. The fourth-order valence-electron chi connectivity index (χ4n) is 5.01. The molecule has 1 aliphatic heterocycles. The zero-order valence-corrected chi connectivity index (χ0v) is 22.0. The quantitative estimate of drug-likeness (QED) is 0.184. The first-order valence-corrected chi connectivity index (χ1v) is 12.8. The van der Waals surface area contributed by atoms with Crippen LogP contribution in [0.15, 0.2) is 36.5 Å². The van der Waals surface area contributed by atoms with E-state index in [4.69, 9.17) is 21.1 Å². The number of fused-ring (bicyclic) bond motifs is 1. The molecule has 1 fully saturated rings. The summed E-state index contributed by atoms with van der Waals surface area (Å²) in [6.45, 7) is 1.46. The van der Waals surface area contributed by atoms with Gasteiger partial charge in [-0.3, -0.25) is 19.9 Å². The van der Waals surface area contributed by atoms with Crippen molar-refractivity contribution in [3.63, 3.8) is 0 Å². The first-order valence-electron chi connectivity index (χ1n) is 12.4. The second-order valence-corrected chi connectivity index (χ2v) is 9.98. The minimum atomic E-state index is -1.55.